The molecule has 0 fully saturated rings. The zero-order chi connectivity index (χ0) is 13.1. The highest BCUT2D eigenvalue weighted by atomic mass is 16.1. The third-order valence-electron chi connectivity index (χ3n) is 2.54. The molecule has 0 radical (unpaired) electrons. The van der Waals surface area contributed by atoms with Crippen LogP contribution >= 0.6 is 0 Å². The standard InChI is InChI=1S/C12H28N4O/c1-4-5-12(17)14-7-9-16(8-6-13)11-10-15(2)3/h4-11,13H2,1-3H3,(H,14,17). The molecular weight excluding hydrogens is 216 g/mol. The smallest absolute Gasteiger partial charge is 0.220 e. The fourth-order valence-electron chi connectivity index (χ4n) is 1.53. The van der Waals surface area contributed by atoms with Gasteiger partial charge in [0.1, 0.15) is 0 Å². The van der Waals surface area contributed by atoms with E-state index in [1.807, 2.05) is 6.92 Å². The second-order valence-electron chi connectivity index (χ2n) is 4.53. The van der Waals surface area contributed by atoms with E-state index in [1.54, 1.807) is 0 Å². The number of nitrogens with two attached hydrogens (primary N) is 1. The fourth-order valence-corrected chi connectivity index (χ4v) is 1.53. The molecule has 0 unspecified atom stereocenters. The maximum absolute atomic E-state index is 11.3. The molecule has 3 N–H and O–H groups in total. The first-order valence-corrected chi connectivity index (χ1v) is 6.44. The minimum absolute atomic E-state index is 0.146. The Balaban J connectivity index is 3.72. The van der Waals surface area contributed by atoms with E-state index in [4.69, 9.17) is 5.73 Å². The Bertz CT molecular complexity index is 197. The largest absolute Gasteiger partial charge is 0.355 e. The summed E-state index contributed by atoms with van der Waals surface area (Å²) in [6, 6.07) is 0. The first-order chi connectivity index (χ1) is 8.10. The Labute approximate surface area is 105 Å². The van der Waals surface area contributed by atoms with Crippen LogP contribution in [0.25, 0.3) is 0 Å². The van der Waals surface area contributed by atoms with E-state index in [-0.39, 0.29) is 5.91 Å². The fraction of sp³-hybridized carbons (Fsp3) is 0.917. The van der Waals surface area contributed by atoms with Crippen molar-refractivity contribution in [3.05, 3.63) is 0 Å². The molecule has 102 valence electrons. The monoisotopic (exact) mass is 244 g/mol. The minimum atomic E-state index is 0.146. The Kier molecular flexibility index (Phi) is 10.1. The summed E-state index contributed by atoms with van der Waals surface area (Å²) in [7, 11) is 4.12. The number of carbonyl (C=O) groups excluding carboxylic acids is 1. The molecule has 0 saturated carbocycles. The minimum Gasteiger partial charge on any atom is -0.355 e. The second-order valence-corrected chi connectivity index (χ2v) is 4.53. The van der Waals surface area contributed by atoms with Gasteiger partial charge in [0, 0.05) is 45.7 Å². The maximum Gasteiger partial charge on any atom is 0.220 e. The van der Waals surface area contributed by atoms with Crippen LogP contribution in [0.5, 0.6) is 0 Å². The van der Waals surface area contributed by atoms with Crippen molar-refractivity contribution in [1.29, 1.82) is 0 Å². The van der Waals surface area contributed by atoms with Gasteiger partial charge < -0.3 is 16.0 Å². The van der Waals surface area contributed by atoms with E-state index in [0.717, 1.165) is 32.6 Å². The number of hydrogen-bond acceptors (Lipinski definition) is 4. The topological polar surface area (TPSA) is 61.6 Å². The molecule has 1 amide bonds. The predicted octanol–water partition coefficient (Wildman–Crippen LogP) is -0.275. The van der Waals surface area contributed by atoms with E-state index < -0.39 is 0 Å². The van der Waals surface area contributed by atoms with E-state index in [0.29, 0.717) is 19.5 Å². The van der Waals surface area contributed by atoms with Gasteiger partial charge in [-0.15, -0.1) is 0 Å². The van der Waals surface area contributed by atoms with Crippen LogP contribution in [0.2, 0.25) is 0 Å². The molecule has 0 aliphatic rings. The number of amides is 1. The van der Waals surface area contributed by atoms with E-state index in [2.05, 4.69) is 29.2 Å². The van der Waals surface area contributed by atoms with E-state index >= 15 is 0 Å². The molecule has 0 bridgehead atoms. The maximum atomic E-state index is 11.3. The van der Waals surface area contributed by atoms with Gasteiger partial charge in [-0.25, -0.2) is 0 Å². The molecule has 5 heteroatoms. The number of hydrogen-bond donors (Lipinski definition) is 2. The average Bonchev–Trinajstić information content (AvgIpc) is 2.26. The van der Waals surface area contributed by atoms with Gasteiger partial charge in [0.25, 0.3) is 0 Å². The summed E-state index contributed by atoms with van der Waals surface area (Å²) in [5.41, 5.74) is 5.57. The molecule has 17 heavy (non-hydrogen) atoms. The first kappa shape index (κ1) is 16.4. The van der Waals surface area contributed by atoms with Gasteiger partial charge in [-0.05, 0) is 20.5 Å². The van der Waals surface area contributed by atoms with Crippen LogP contribution in [-0.4, -0.2) is 69.1 Å². The highest BCUT2D eigenvalue weighted by molar-refractivity contribution is 5.75. The molecule has 0 aromatic heterocycles. The molecule has 0 aliphatic carbocycles. The number of carbonyl (C=O) groups is 1. The van der Waals surface area contributed by atoms with Crippen molar-refractivity contribution in [2.45, 2.75) is 19.8 Å². The molecule has 5 nitrogen and oxygen atoms in total. The summed E-state index contributed by atoms with van der Waals surface area (Å²) in [6.07, 6.45) is 1.52. The second kappa shape index (κ2) is 10.5. The lowest BCUT2D eigenvalue weighted by Gasteiger charge is -2.23. The lowest BCUT2D eigenvalue weighted by atomic mass is 10.3. The molecule has 0 aromatic rings. The summed E-state index contributed by atoms with van der Waals surface area (Å²) in [6.45, 7) is 7.16. The van der Waals surface area contributed by atoms with Crippen molar-refractivity contribution < 1.29 is 4.79 Å². The third-order valence-corrected chi connectivity index (χ3v) is 2.54. The zero-order valence-electron chi connectivity index (χ0n) is 11.5. The highest BCUT2D eigenvalue weighted by Gasteiger charge is 2.05. The van der Waals surface area contributed by atoms with E-state index in [9.17, 15) is 4.79 Å². The Morgan fingerprint density at radius 1 is 1.18 bits per heavy atom. The molecule has 0 heterocycles. The summed E-state index contributed by atoms with van der Waals surface area (Å²) in [5.74, 6) is 0.146. The van der Waals surface area contributed by atoms with Crippen LogP contribution in [0.3, 0.4) is 0 Å². The van der Waals surface area contributed by atoms with Crippen molar-refractivity contribution in [3.63, 3.8) is 0 Å². The van der Waals surface area contributed by atoms with E-state index in [1.165, 1.54) is 0 Å². The van der Waals surface area contributed by atoms with Crippen LogP contribution in [0.1, 0.15) is 19.8 Å². The average molecular weight is 244 g/mol. The van der Waals surface area contributed by atoms with Gasteiger partial charge in [-0.1, -0.05) is 6.92 Å². The normalized spacial score (nSPS) is 11.2. The van der Waals surface area contributed by atoms with Gasteiger partial charge in [-0.3, -0.25) is 9.69 Å². The molecule has 0 saturated heterocycles. The Hall–Kier alpha value is -0.650. The van der Waals surface area contributed by atoms with Crippen molar-refractivity contribution in [2.24, 2.45) is 5.73 Å². The van der Waals surface area contributed by atoms with Gasteiger partial charge in [0.2, 0.25) is 5.91 Å². The number of nitrogens with one attached hydrogen (secondary N) is 1. The van der Waals surface area contributed by atoms with Crippen LogP contribution < -0.4 is 11.1 Å². The van der Waals surface area contributed by atoms with Crippen LogP contribution in [0.4, 0.5) is 0 Å². The predicted molar refractivity (Wildman–Crippen MR) is 72.0 cm³/mol. The number of rotatable bonds is 10. The summed E-state index contributed by atoms with van der Waals surface area (Å²) in [4.78, 5) is 15.7. The zero-order valence-corrected chi connectivity index (χ0v) is 11.5. The molecule has 0 atom stereocenters. The van der Waals surface area contributed by atoms with Crippen molar-refractivity contribution in [2.75, 3.05) is 53.4 Å². The quantitative estimate of drug-likeness (QED) is 0.555. The lowest BCUT2D eigenvalue weighted by molar-refractivity contribution is -0.121. The van der Waals surface area contributed by atoms with Crippen molar-refractivity contribution in [1.82, 2.24) is 15.1 Å². The summed E-state index contributed by atoms with van der Waals surface area (Å²) >= 11 is 0. The van der Waals surface area contributed by atoms with Gasteiger partial charge >= 0.3 is 0 Å². The summed E-state index contributed by atoms with van der Waals surface area (Å²) in [5, 5.41) is 2.93. The van der Waals surface area contributed by atoms with Crippen LogP contribution in [0.15, 0.2) is 0 Å². The Morgan fingerprint density at radius 2 is 1.88 bits per heavy atom. The molecular formula is C12H28N4O. The van der Waals surface area contributed by atoms with Crippen molar-refractivity contribution >= 4 is 5.91 Å². The Morgan fingerprint density at radius 3 is 2.41 bits per heavy atom. The first-order valence-electron chi connectivity index (χ1n) is 6.44. The van der Waals surface area contributed by atoms with Gasteiger partial charge in [-0.2, -0.15) is 0 Å². The van der Waals surface area contributed by atoms with Crippen LogP contribution in [0, 0.1) is 0 Å². The number of nitrogens with zero attached hydrogens (tertiary/aromatic N) is 2. The molecule has 0 aliphatic heterocycles. The number of likely N-dealkylation sites (N-methyl/N-ethyl adjacent to an activating group) is 1. The SMILES string of the molecule is CCCC(=O)NCCN(CCN)CCN(C)C. The lowest BCUT2D eigenvalue weighted by Crippen LogP contribution is -2.40. The van der Waals surface area contributed by atoms with Crippen molar-refractivity contribution in [3.8, 4) is 0 Å². The molecule has 0 aromatic carbocycles. The highest BCUT2D eigenvalue weighted by Crippen LogP contribution is 1.89. The molecule has 0 rings (SSSR count). The molecule has 0 spiro atoms. The third kappa shape index (κ3) is 10.2. The van der Waals surface area contributed by atoms with Gasteiger partial charge in [0.15, 0.2) is 0 Å². The van der Waals surface area contributed by atoms with Crippen LogP contribution in [-0.2, 0) is 4.79 Å². The summed E-state index contributed by atoms with van der Waals surface area (Å²) < 4.78 is 0. The van der Waals surface area contributed by atoms with Gasteiger partial charge in [0.05, 0.1) is 0 Å².